The lowest BCUT2D eigenvalue weighted by Gasteiger charge is -1.97. The molecule has 0 saturated carbocycles. The van der Waals surface area contributed by atoms with Crippen LogP contribution in [-0.2, 0) is 11.3 Å². The van der Waals surface area contributed by atoms with E-state index in [1.807, 2.05) is 0 Å². The molecule has 0 bridgehead atoms. The van der Waals surface area contributed by atoms with Gasteiger partial charge in [0.05, 0.1) is 12.3 Å². The van der Waals surface area contributed by atoms with E-state index in [1.165, 1.54) is 4.68 Å². The highest BCUT2D eigenvalue weighted by atomic mass is 16.3. The van der Waals surface area contributed by atoms with E-state index >= 15 is 0 Å². The zero-order valence-electron chi connectivity index (χ0n) is 7.56. The number of aliphatic hydroxyl groups is 1. The van der Waals surface area contributed by atoms with E-state index in [2.05, 4.69) is 15.6 Å². The highest BCUT2D eigenvalue weighted by Gasteiger charge is 2.07. The normalized spacial score (nSPS) is 12.5. The van der Waals surface area contributed by atoms with Gasteiger partial charge in [-0.1, -0.05) is 5.21 Å². The van der Waals surface area contributed by atoms with E-state index < -0.39 is 6.10 Å². The summed E-state index contributed by atoms with van der Waals surface area (Å²) in [5.74, 6) is -0.151. The molecule has 0 spiro atoms. The average molecular weight is 184 g/mol. The fraction of sp³-hybridized carbons (Fsp3) is 0.571. The summed E-state index contributed by atoms with van der Waals surface area (Å²) in [5.41, 5.74) is 0.462. The van der Waals surface area contributed by atoms with Crippen LogP contribution in [0.3, 0.4) is 0 Å². The Bertz CT molecular complexity index is 294. The molecule has 1 aromatic heterocycles. The summed E-state index contributed by atoms with van der Waals surface area (Å²) in [4.78, 5) is 10.9. The molecular weight excluding hydrogens is 172 g/mol. The van der Waals surface area contributed by atoms with Crippen molar-refractivity contribution in [2.75, 3.05) is 7.05 Å². The first-order valence-electron chi connectivity index (χ1n) is 3.92. The second kappa shape index (κ2) is 3.99. The van der Waals surface area contributed by atoms with Crippen LogP contribution in [0.5, 0.6) is 0 Å². The standard InChI is InChI=1S/C7H12N4O2/c1-5(12)6-3-11(10-9-6)4-7(13)8-2/h3,5,12H,4H2,1-2H3,(H,8,13). The summed E-state index contributed by atoms with van der Waals surface area (Å²) in [6, 6.07) is 0. The number of amides is 1. The number of rotatable bonds is 3. The molecule has 0 aliphatic rings. The van der Waals surface area contributed by atoms with Crippen molar-refractivity contribution in [3.63, 3.8) is 0 Å². The molecule has 0 aliphatic heterocycles. The van der Waals surface area contributed by atoms with Crippen molar-refractivity contribution in [2.45, 2.75) is 19.6 Å². The monoisotopic (exact) mass is 184 g/mol. The van der Waals surface area contributed by atoms with Crippen LogP contribution in [0, 0.1) is 0 Å². The van der Waals surface area contributed by atoms with Gasteiger partial charge in [0.15, 0.2) is 0 Å². The molecule has 6 nitrogen and oxygen atoms in total. The molecule has 6 heteroatoms. The van der Waals surface area contributed by atoms with Crippen LogP contribution in [0.4, 0.5) is 0 Å². The third-order valence-corrected chi connectivity index (χ3v) is 1.57. The van der Waals surface area contributed by atoms with Gasteiger partial charge in [0.1, 0.15) is 12.2 Å². The van der Waals surface area contributed by atoms with E-state index in [-0.39, 0.29) is 12.5 Å². The van der Waals surface area contributed by atoms with Crippen molar-refractivity contribution in [3.05, 3.63) is 11.9 Å². The molecule has 0 aliphatic carbocycles. The molecular formula is C7H12N4O2. The third-order valence-electron chi connectivity index (χ3n) is 1.57. The summed E-state index contributed by atoms with van der Waals surface area (Å²) in [5, 5.41) is 18.9. The van der Waals surface area contributed by atoms with E-state index in [0.29, 0.717) is 5.69 Å². The van der Waals surface area contributed by atoms with E-state index in [0.717, 1.165) is 0 Å². The average Bonchev–Trinajstić information content (AvgIpc) is 2.52. The quantitative estimate of drug-likeness (QED) is 0.636. The maximum Gasteiger partial charge on any atom is 0.241 e. The Balaban J connectivity index is 2.64. The molecule has 0 aromatic carbocycles. The molecule has 1 heterocycles. The number of nitrogens with zero attached hydrogens (tertiary/aromatic N) is 3. The van der Waals surface area contributed by atoms with Crippen molar-refractivity contribution >= 4 is 5.91 Å². The minimum Gasteiger partial charge on any atom is -0.387 e. The molecule has 1 aromatic rings. The maximum atomic E-state index is 10.9. The SMILES string of the molecule is CNC(=O)Cn1cc(C(C)O)nn1. The first kappa shape index (κ1) is 9.66. The van der Waals surface area contributed by atoms with Crippen molar-refractivity contribution in [1.29, 1.82) is 0 Å². The summed E-state index contributed by atoms with van der Waals surface area (Å²) in [6.07, 6.45) is 0.887. The summed E-state index contributed by atoms with van der Waals surface area (Å²) in [7, 11) is 1.55. The molecule has 1 rings (SSSR count). The van der Waals surface area contributed by atoms with Crippen LogP contribution in [-0.4, -0.2) is 33.1 Å². The molecule has 13 heavy (non-hydrogen) atoms. The molecule has 2 N–H and O–H groups in total. The number of likely N-dealkylation sites (N-methyl/N-ethyl adjacent to an activating group) is 1. The fourth-order valence-corrected chi connectivity index (χ4v) is 0.808. The Hall–Kier alpha value is -1.43. The van der Waals surface area contributed by atoms with E-state index in [1.54, 1.807) is 20.2 Å². The van der Waals surface area contributed by atoms with Crippen LogP contribution in [0.1, 0.15) is 18.7 Å². The summed E-state index contributed by atoms with van der Waals surface area (Å²) in [6.45, 7) is 1.71. The maximum absolute atomic E-state index is 10.9. The third kappa shape index (κ3) is 2.51. The Morgan fingerprint density at radius 2 is 2.54 bits per heavy atom. The van der Waals surface area contributed by atoms with Gasteiger partial charge in [0.2, 0.25) is 5.91 Å². The number of carbonyl (C=O) groups is 1. The number of aromatic nitrogens is 3. The molecule has 1 unspecified atom stereocenters. The van der Waals surface area contributed by atoms with Crippen LogP contribution < -0.4 is 5.32 Å². The highest BCUT2D eigenvalue weighted by Crippen LogP contribution is 2.05. The molecule has 1 amide bonds. The molecule has 0 radical (unpaired) electrons. The van der Waals surface area contributed by atoms with Crippen molar-refractivity contribution in [1.82, 2.24) is 20.3 Å². The molecule has 1 atom stereocenters. The zero-order valence-corrected chi connectivity index (χ0v) is 7.56. The molecule has 72 valence electrons. The largest absolute Gasteiger partial charge is 0.387 e. The van der Waals surface area contributed by atoms with Crippen molar-refractivity contribution in [2.24, 2.45) is 0 Å². The van der Waals surface area contributed by atoms with E-state index in [4.69, 9.17) is 5.11 Å². The summed E-state index contributed by atoms with van der Waals surface area (Å²) >= 11 is 0. The van der Waals surface area contributed by atoms with Gasteiger partial charge >= 0.3 is 0 Å². The van der Waals surface area contributed by atoms with E-state index in [9.17, 15) is 4.79 Å². The first-order chi connectivity index (χ1) is 6.13. The zero-order chi connectivity index (χ0) is 9.84. The first-order valence-corrected chi connectivity index (χ1v) is 3.92. The lowest BCUT2D eigenvalue weighted by molar-refractivity contribution is -0.121. The van der Waals surface area contributed by atoms with Gasteiger partial charge in [-0.25, -0.2) is 4.68 Å². The van der Waals surface area contributed by atoms with Gasteiger partial charge in [-0.3, -0.25) is 4.79 Å². The van der Waals surface area contributed by atoms with Gasteiger partial charge in [-0.2, -0.15) is 0 Å². The number of carbonyl (C=O) groups excluding carboxylic acids is 1. The topological polar surface area (TPSA) is 80.0 Å². The molecule has 0 saturated heterocycles. The Morgan fingerprint density at radius 3 is 3.00 bits per heavy atom. The predicted molar refractivity (Wildman–Crippen MR) is 44.7 cm³/mol. The van der Waals surface area contributed by atoms with Crippen LogP contribution in [0.2, 0.25) is 0 Å². The van der Waals surface area contributed by atoms with Crippen molar-refractivity contribution < 1.29 is 9.90 Å². The summed E-state index contributed by atoms with van der Waals surface area (Å²) < 4.78 is 1.38. The Kier molecular flexibility index (Phi) is 2.97. The second-order valence-corrected chi connectivity index (χ2v) is 2.69. The Morgan fingerprint density at radius 1 is 1.85 bits per heavy atom. The minimum absolute atomic E-state index is 0.121. The van der Waals surface area contributed by atoms with Crippen LogP contribution in [0.15, 0.2) is 6.20 Å². The molecule has 0 fully saturated rings. The predicted octanol–water partition coefficient (Wildman–Crippen LogP) is -0.923. The van der Waals surface area contributed by atoms with Gasteiger partial charge in [0.25, 0.3) is 0 Å². The van der Waals surface area contributed by atoms with Crippen LogP contribution in [0.25, 0.3) is 0 Å². The number of hydrogen-bond donors (Lipinski definition) is 2. The number of hydrogen-bond acceptors (Lipinski definition) is 4. The highest BCUT2D eigenvalue weighted by molar-refractivity contribution is 5.75. The smallest absolute Gasteiger partial charge is 0.241 e. The lowest BCUT2D eigenvalue weighted by Crippen LogP contribution is -2.23. The number of nitrogens with one attached hydrogen (secondary N) is 1. The van der Waals surface area contributed by atoms with Crippen LogP contribution >= 0.6 is 0 Å². The van der Waals surface area contributed by atoms with Gasteiger partial charge < -0.3 is 10.4 Å². The van der Waals surface area contributed by atoms with Gasteiger partial charge in [0, 0.05) is 7.05 Å². The lowest BCUT2D eigenvalue weighted by atomic mass is 10.3. The van der Waals surface area contributed by atoms with Gasteiger partial charge in [-0.15, -0.1) is 5.10 Å². The number of aliphatic hydroxyl groups excluding tert-OH is 1. The Labute approximate surface area is 75.6 Å². The fourth-order valence-electron chi connectivity index (χ4n) is 0.808. The van der Waals surface area contributed by atoms with Gasteiger partial charge in [-0.05, 0) is 6.92 Å². The van der Waals surface area contributed by atoms with Crippen molar-refractivity contribution in [3.8, 4) is 0 Å². The second-order valence-electron chi connectivity index (χ2n) is 2.69. The minimum atomic E-state index is -0.654.